The SMILES string of the molecule is C=C(C)[C@@H]1Cc2c(ccc(O)c2C(C)=O)O1. The molecule has 1 heterocycles. The summed E-state index contributed by atoms with van der Waals surface area (Å²) in [5.74, 6) is 0.563. The molecular weight excluding hydrogens is 204 g/mol. The molecule has 2 rings (SSSR count). The van der Waals surface area contributed by atoms with Crippen molar-refractivity contribution in [3.8, 4) is 11.5 Å². The molecule has 3 nitrogen and oxygen atoms in total. The molecule has 0 bridgehead atoms. The van der Waals surface area contributed by atoms with Gasteiger partial charge < -0.3 is 9.84 Å². The molecule has 0 saturated heterocycles. The van der Waals surface area contributed by atoms with Crippen LogP contribution in [0.1, 0.15) is 29.8 Å². The van der Waals surface area contributed by atoms with E-state index in [0.29, 0.717) is 17.7 Å². The van der Waals surface area contributed by atoms with E-state index in [1.165, 1.54) is 13.0 Å². The van der Waals surface area contributed by atoms with E-state index in [9.17, 15) is 9.90 Å². The Bertz CT molecular complexity index is 474. The second-order valence-corrected chi connectivity index (χ2v) is 4.15. The number of Topliss-reactive ketones (excluding diaryl/α,β-unsaturated/α-hetero) is 1. The van der Waals surface area contributed by atoms with Crippen LogP contribution in [0.3, 0.4) is 0 Å². The highest BCUT2D eigenvalue weighted by molar-refractivity contribution is 5.99. The zero-order valence-corrected chi connectivity index (χ0v) is 9.41. The molecule has 1 aromatic rings. The van der Waals surface area contributed by atoms with Crippen molar-refractivity contribution in [1.29, 1.82) is 0 Å². The first-order valence-corrected chi connectivity index (χ1v) is 5.18. The molecule has 84 valence electrons. The first kappa shape index (κ1) is 10.7. The van der Waals surface area contributed by atoms with E-state index in [1.54, 1.807) is 6.07 Å². The summed E-state index contributed by atoms with van der Waals surface area (Å²) < 4.78 is 5.65. The van der Waals surface area contributed by atoms with Crippen LogP contribution in [0.5, 0.6) is 11.5 Å². The highest BCUT2D eigenvalue weighted by atomic mass is 16.5. The number of hydrogen-bond acceptors (Lipinski definition) is 3. The molecule has 0 aromatic heterocycles. The van der Waals surface area contributed by atoms with Crippen molar-refractivity contribution >= 4 is 5.78 Å². The average molecular weight is 218 g/mol. The molecule has 0 spiro atoms. The Morgan fingerprint density at radius 1 is 1.50 bits per heavy atom. The average Bonchev–Trinajstić information content (AvgIpc) is 2.60. The molecule has 0 saturated carbocycles. The van der Waals surface area contributed by atoms with Gasteiger partial charge in [0.15, 0.2) is 5.78 Å². The number of phenolic OH excluding ortho intramolecular Hbond substituents is 1. The van der Waals surface area contributed by atoms with Crippen LogP contribution in [0, 0.1) is 0 Å². The summed E-state index contributed by atoms with van der Waals surface area (Å²) in [4.78, 5) is 11.5. The van der Waals surface area contributed by atoms with Crippen molar-refractivity contribution in [2.75, 3.05) is 0 Å². The molecule has 0 fully saturated rings. The van der Waals surface area contributed by atoms with Gasteiger partial charge in [0, 0.05) is 12.0 Å². The molecule has 1 atom stereocenters. The highest BCUT2D eigenvalue weighted by Gasteiger charge is 2.28. The van der Waals surface area contributed by atoms with E-state index in [2.05, 4.69) is 6.58 Å². The molecule has 1 aromatic carbocycles. The molecule has 1 aliphatic heterocycles. The van der Waals surface area contributed by atoms with Gasteiger partial charge in [-0.1, -0.05) is 6.58 Å². The lowest BCUT2D eigenvalue weighted by Gasteiger charge is -2.08. The number of carbonyl (C=O) groups excluding carboxylic acids is 1. The number of phenols is 1. The van der Waals surface area contributed by atoms with Crippen LogP contribution in [-0.4, -0.2) is 17.0 Å². The van der Waals surface area contributed by atoms with E-state index in [0.717, 1.165) is 11.1 Å². The summed E-state index contributed by atoms with van der Waals surface area (Å²) in [6.07, 6.45) is 0.517. The summed E-state index contributed by atoms with van der Waals surface area (Å²) in [7, 11) is 0. The van der Waals surface area contributed by atoms with Gasteiger partial charge in [-0.15, -0.1) is 0 Å². The van der Waals surface area contributed by atoms with Crippen molar-refractivity contribution in [2.24, 2.45) is 0 Å². The van der Waals surface area contributed by atoms with Gasteiger partial charge in [-0.05, 0) is 31.6 Å². The molecule has 0 radical (unpaired) electrons. The lowest BCUT2D eigenvalue weighted by atomic mass is 9.98. The fraction of sp³-hybridized carbons (Fsp3) is 0.308. The first-order valence-electron chi connectivity index (χ1n) is 5.18. The first-order chi connectivity index (χ1) is 7.50. The summed E-state index contributed by atoms with van der Waals surface area (Å²) >= 11 is 0. The van der Waals surface area contributed by atoms with E-state index >= 15 is 0 Å². The summed E-state index contributed by atoms with van der Waals surface area (Å²) in [6.45, 7) is 7.19. The fourth-order valence-corrected chi connectivity index (χ4v) is 1.98. The summed E-state index contributed by atoms with van der Waals surface area (Å²) in [6, 6.07) is 3.19. The molecule has 0 unspecified atom stereocenters. The Morgan fingerprint density at radius 3 is 2.75 bits per heavy atom. The van der Waals surface area contributed by atoms with Crippen LogP contribution in [0.2, 0.25) is 0 Å². The second-order valence-electron chi connectivity index (χ2n) is 4.15. The predicted octanol–water partition coefficient (Wildman–Crippen LogP) is 2.47. The Labute approximate surface area is 94.4 Å². The Kier molecular flexibility index (Phi) is 2.46. The van der Waals surface area contributed by atoms with Gasteiger partial charge in [0.1, 0.15) is 17.6 Å². The minimum Gasteiger partial charge on any atom is -0.507 e. The van der Waals surface area contributed by atoms with Crippen LogP contribution in [-0.2, 0) is 6.42 Å². The molecule has 0 aliphatic carbocycles. The number of aromatic hydroxyl groups is 1. The summed E-state index contributed by atoms with van der Waals surface area (Å²) in [5, 5.41) is 9.67. The third-order valence-corrected chi connectivity index (χ3v) is 2.81. The van der Waals surface area contributed by atoms with Gasteiger partial charge in [0.25, 0.3) is 0 Å². The molecule has 16 heavy (non-hydrogen) atoms. The topological polar surface area (TPSA) is 46.5 Å². The molecule has 1 aliphatic rings. The molecule has 1 N–H and O–H groups in total. The largest absolute Gasteiger partial charge is 0.507 e. The lowest BCUT2D eigenvalue weighted by Crippen LogP contribution is -2.13. The molecular formula is C13H14O3. The standard InChI is InChI=1S/C13H14O3/c1-7(2)12-6-9-11(16-12)5-4-10(15)13(9)8(3)14/h4-5,12,15H,1,6H2,2-3H3/t12-/m0/s1. The van der Waals surface area contributed by atoms with E-state index in [4.69, 9.17) is 4.74 Å². The number of fused-ring (bicyclic) bond motifs is 1. The summed E-state index contributed by atoms with van der Waals surface area (Å²) in [5.41, 5.74) is 2.09. The number of rotatable bonds is 2. The highest BCUT2D eigenvalue weighted by Crippen LogP contribution is 2.37. The smallest absolute Gasteiger partial charge is 0.163 e. The second kappa shape index (κ2) is 3.67. The fourth-order valence-electron chi connectivity index (χ4n) is 1.98. The minimum atomic E-state index is -0.139. The Hall–Kier alpha value is -1.77. The van der Waals surface area contributed by atoms with Crippen molar-refractivity contribution < 1.29 is 14.6 Å². The maximum Gasteiger partial charge on any atom is 0.163 e. The van der Waals surface area contributed by atoms with Gasteiger partial charge in [-0.2, -0.15) is 0 Å². The maximum absolute atomic E-state index is 11.5. The van der Waals surface area contributed by atoms with Crippen LogP contribution in [0.15, 0.2) is 24.3 Å². The van der Waals surface area contributed by atoms with Gasteiger partial charge in [-0.3, -0.25) is 4.79 Å². The lowest BCUT2D eigenvalue weighted by molar-refractivity contribution is 0.101. The van der Waals surface area contributed by atoms with Crippen molar-refractivity contribution in [3.63, 3.8) is 0 Å². The van der Waals surface area contributed by atoms with Crippen molar-refractivity contribution in [1.82, 2.24) is 0 Å². The van der Waals surface area contributed by atoms with Gasteiger partial charge >= 0.3 is 0 Å². The minimum absolute atomic E-state index is 0.0252. The molecule has 3 heteroatoms. The van der Waals surface area contributed by atoms with Gasteiger partial charge in [0.05, 0.1) is 5.56 Å². The quantitative estimate of drug-likeness (QED) is 0.612. The molecule has 0 amide bonds. The zero-order valence-electron chi connectivity index (χ0n) is 9.41. The monoisotopic (exact) mass is 218 g/mol. The zero-order chi connectivity index (χ0) is 11.9. The third kappa shape index (κ3) is 1.58. The maximum atomic E-state index is 11.5. The van der Waals surface area contributed by atoms with Crippen LogP contribution in [0.4, 0.5) is 0 Å². The van der Waals surface area contributed by atoms with E-state index in [-0.39, 0.29) is 17.6 Å². The number of benzene rings is 1. The van der Waals surface area contributed by atoms with E-state index in [1.807, 2.05) is 6.92 Å². The van der Waals surface area contributed by atoms with Crippen molar-refractivity contribution in [3.05, 3.63) is 35.4 Å². The number of ether oxygens (including phenoxy) is 1. The Morgan fingerprint density at radius 2 is 2.19 bits per heavy atom. The number of ketones is 1. The number of carbonyl (C=O) groups is 1. The van der Waals surface area contributed by atoms with Crippen LogP contribution in [0.25, 0.3) is 0 Å². The van der Waals surface area contributed by atoms with Gasteiger partial charge in [-0.25, -0.2) is 0 Å². The third-order valence-electron chi connectivity index (χ3n) is 2.81. The van der Waals surface area contributed by atoms with E-state index < -0.39 is 0 Å². The van der Waals surface area contributed by atoms with Crippen molar-refractivity contribution in [2.45, 2.75) is 26.4 Å². The van der Waals surface area contributed by atoms with Gasteiger partial charge in [0.2, 0.25) is 0 Å². The Balaban J connectivity index is 2.49. The normalized spacial score (nSPS) is 17.8. The van der Waals surface area contributed by atoms with Crippen LogP contribution >= 0.6 is 0 Å². The van der Waals surface area contributed by atoms with Crippen LogP contribution < -0.4 is 4.74 Å². The predicted molar refractivity (Wildman–Crippen MR) is 61.0 cm³/mol. The number of hydrogen-bond donors (Lipinski definition) is 1.